The molecule has 0 aliphatic rings. The van der Waals surface area contributed by atoms with Crippen molar-refractivity contribution in [3.05, 3.63) is 46.4 Å². The Kier molecular flexibility index (Phi) is 2.75. The average Bonchev–Trinajstić information content (AvgIpc) is 2.68. The molecular weight excluding hydrogens is 282 g/mol. The summed E-state index contributed by atoms with van der Waals surface area (Å²) in [5.41, 5.74) is -0.588. The number of rotatable bonds is 4. The molecule has 2 rings (SSSR count). The lowest BCUT2D eigenvalue weighted by Gasteiger charge is -2.07. The molecule has 108 valence electrons. The third-order valence-electron chi connectivity index (χ3n) is 2.72. The van der Waals surface area contributed by atoms with E-state index in [4.69, 9.17) is 8.67 Å². The van der Waals surface area contributed by atoms with Crippen LogP contribution in [0, 0.1) is 6.92 Å². The highest BCUT2D eigenvalue weighted by Crippen LogP contribution is 2.13. The summed E-state index contributed by atoms with van der Waals surface area (Å²) in [7, 11) is -4.37. The van der Waals surface area contributed by atoms with E-state index >= 15 is 0 Å². The first-order valence-corrected chi connectivity index (χ1v) is 7.23. The number of nitrogens with zero attached hydrogens (tertiary/aromatic N) is 2. The Morgan fingerprint density at radius 2 is 2.00 bits per heavy atom. The van der Waals surface area contributed by atoms with Crippen LogP contribution < -0.4 is 10.9 Å². The summed E-state index contributed by atoms with van der Waals surface area (Å²) in [5.74, 6) is -0.900. The van der Waals surface area contributed by atoms with E-state index in [9.17, 15) is 13.2 Å². The molecule has 0 amide bonds. The summed E-state index contributed by atoms with van der Waals surface area (Å²) < 4.78 is 55.1. The molecule has 0 aliphatic carbocycles. The van der Waals surface area contributed by atoms with Crippen LogP contribution in [0.2, 0.25) is 0 Å². The molecule has 0 spiro atoms. The fourth-order valence-corrected chi connectivity index (χ4v) is 2.10. The molecule has 8 heteroatoms. The average molecular weight is 300 g/mol. The zero-order valence-electron chi connectivity index (χ0n) is 13.6. The topological polar surface area (TPSA) is 93.3 Å². The van der Waals surface area contributed by atoms with E-state index in [1.54, 1.807) is 30.3 Å². The quantitative estimate of drug-likeness (QED) is 0.812. The molecule has 0 radical (unpaired) electrons. The molecule has 0 aliphatic heterocycles. The van der Waals surface area contributed by atoms with Gasteiger partial charge in [0.15, 0.2) is 0 Å². The Morgan fingerprint density at radius 3 is 2.55 bits per heavy atom. The van der Waals surface area contributed by atoms with Crippen molar-refractivity contribution in [2.24, 2.45) is 6.98 Å². The fraction of sp³-hybridized carbons (Fsp3) is 0.250. The van der Waals surface area contributed by atoms with E-state index in [0.29, 0.717) is 5.69 Å². The molecular formula is C12H15N3O4S. The first-order chi connectivity index (χ1) is 10.5. The van der Waals surface area contributed by atoms with Crippen LogP contribution in [0.4, 0.5) is 5.69 Å². The molecule has 0 fully saturated rings. The highest BCUT2D eigenvalue weighted by atomic mass is 32.2. The summed E-state index contributed by atoms with van der Waals surface area (Å²) in [6.45, 7) is -1.28. The van der Waals surface area contributed by atoms with Gasteiger partial charge in [-0.3, -0.25) is 14.0 Å². The van der Waals surface area contributed by atoms with Gasteiger partial charge in [0.05, 0.1) is 11.4 Å². The monoisotopic (exact) mass is 300 g/mol. The lowest BCUT2D eigenvalue weighted by molar-refractivity contribution is 0.485. The summed E-state index contributed by atoms with van der Waals surface area (Å²) in [6.07, 6.45) is 0. The van der Waals surface area contributed by atoms with Crippen molar-refractivity contribution in [2.45, 2.75) is 6.92 Å². The number of aromatic nitrogens is 2. The third kappa shape index (κ3) is 2.75. The van der Waals surface area contributed by atoms with Crippen LogP contribution in [0.25, 0.3) is 5.69 Å². The van der Waals surface area contributed by atoms with Gasteiger partial charge in [-0.15, -0.1) is 0 Å². The first-order valence-electron chi connectivity index (χ1n) is 7.12. The molecule has 0 bridgehead atoms. The molecule has 0 unspecified atom stereocenters. The van der Waals surface area contributed by atoms with Crippen molar-refractivity contribution >= 4 is 15.8 Å². The van der Waals surface area contributed by atoms with Crippen LogP contribution in [-0.4, -0.2) is 28.2 Å². The van der Waals surface area contributed by atoms with E-state index in [-0.39, 0.29) is 11.4 Å². The SMILES string of the molecule is [2H]C([2H])([2H])n1c(C)c(NCS(=O)(=O)O)c(=O)n1-c1ccccc1. The van der Waals surface area contributed by atoms with Crippen LogP contribution in [-0.2, 0) is 17.1 Å². The second kappa shape index (κ2) is 5.14. The van der Waals surface area contributed by atoms with Gasteiger partial charge in [0.1, 0.15) is 11.6 Å². The van der Waals surface area contributed by atoms with Crippen molar-refractivity contribution in [3.63, 3.8) is 0 Å². The molecule has 7 nitrogen and oxygen atoms in total. The molecule has 0 atom stereocenters. The van der Waals surface area contributed by atoms with Crippen molar-refractivity contribution in [1.29, 1.82) is 0 Å². The fourth-order valence-electron chi connectivity index (χ4n) is 1.78. The minimum atomic E-state index is -4.37. The smallest absolute Gasteiger partial charge is 0.295 e. The Hall–Kier alpha value is -2.06. The Labute approximate surface area is 120 Å². The van der Waals surface area contributed by atoms with Crippen molar-refractivity contribution in [1.82, 2.24) is 9.36 Å². The number of anilines is 1. The minimum Gasteiger partial charge on any atom is -0.364 e. The summed E-state index contributed by atoms with van der Waals surface area (Å²) >= 11 is 0. The van der Waals surface area contributed by atoms with Gasteiger partial charge in [0.2, 0.25) is 0 Å². The standard InChI is InChI=1S/C12H15N3O4S/c1-9-11(13-8-20(17,18)19)12(16)15(14(9)2)10-6-4-3-5-7-10/h3-7,13H,8H2,1-2H3,(H,17,18,19)/i2D3. The highest BCUT2D eigenvalue weighted by Gasteiger charge is 2.17. The lowest BCUT2D eigenvalue weighted by atomic mass is 10.3. The van der Waals surface area contributed by atoms with Crippen LogP contribution in [0.3, 0.4) is 0 Å². The molecule has 2 aromatic rings. The van der Waals surface area contributed by atoms with E-state index < -0.39 is 28.5 Å². The van der Waals surface area contributed by atoms with E-state index in [2.05, 4.69) is 5.32 Å². The number of para-hydroxylation sites is 1. The van der Waals surface area contributed by atoms with E-state index in [0.717, 1.165) is 9.36 Å². The summed E-state index contributed by atoms with van der Waals surface area (Å²) in [6, 6.07) is 8.09. The molecule has 1 aromatic heterocycles. The van der Waals surface area contributed by atoms with Crippen LogP contribution in [0.5, 0.6) is 0 Å². The largest absolute Gasteiger partial charge is 0.364 e. The van der Waals surface area contributed by atoms with Gasteiger partial charge in [-0.2, -0.15) is 8.42 Å². The summed E-state index contributed by atoms with van der Waals surface area (Å²) in [4.78, 5) is 12.5. The molecule has 1 heterocycles. The number of benzene rings is 1. The molecule has 1 aromatic carbocycles. The van der Waals surface area contributed by atoms with Crippen molar-refractivity contribution < 1.29 is 17.1 Å². The van der Waals surface area contributed by atoms with Gasteiger partial charge in [-0.05, 0) is 19.1 Å². The van der Waals surface area contributed by atoms with Crippen molar-refractivity contribution in [2.75, 3.05) is 11.2 Å². The van der Waals surface area contributed by atoms with E-state index in [1.165, 1.54) is 6.92 Å². The number of hydrogen-bond donors (Lipinski definition) is 2. The zero-order chi connectivity index (χ0) is 17.4. The second-order valence-electron chi connectivity index (χ2n) is 4.13. The maximum Gasteiger partial charge on any atom is 0.295 e. The van der Waals surface area contributed by atoms with E-state index in [1.807, 2.05) is 0 Å². The number of nitrogens with one attached hydrogen (secondary N) is 1. The van der Waals surface area contributed by atoms with Crippen LogP contribution >= 0.6 is 0 Å². The van der Waals surface area contributed by atoms with Gasteiger partial charge < -0.3 is 5.32 Å². The van der Waals surface area contributed by atoms with Gasteiger partial charge >= 0.3 is 0 Å². The first kappa shape index (κ1) is 10.7. The number of hydrogen-bond acceptors (Lipinski definition) is 4. The second-order valence-corrected chi connectivity index (χ2v) is 5.58. The predicted molar refractivity (Wildman–Crippen MR) is 75.8 cm³/mol. The maximum absolute atomic E-state index is 12.5. The third-order valence-corrected chi connectivity index (χ3v) is 3.23. The van der Waals surface area contributed by atoms with Crippen molar-refractivity contribution in [3.8, 4) is 5.69 Å². The lowest BCUT2D eigenvalue weighted by Crippen LogP contribution is -2.22. The van der Waals surface area contributed by atoms with Gasteiger partial charge in [0.25, 0.3) is 15.7 Å². The summed E-state index contributed by atoms with van der Waals surface area (Å²) in [5, 5.41) is 2.28. The van der Waals surface area contributed by atoms with Gasteiger partial charge in [-0.1, -0.05) is 18.2 Å². The molecule has 0 saturated heterocycles. The predicted octanol–water partition coefficient (Wildman–Crippen LogP) is 0.742. The minimum absolute atomic E-state index is 0.0301. The Bertz CT molecular complexity index is 869. The van der Waals surface area contributed by atoms with Crippen LogP contribution in [0.1, 0.15) is 9.81 Å². The Balaban J connectivity index is 2.69. The Morgan fingerprint density at radius 1 is 1.35 bits per heavy atom. The molecule has 2 N–H and O–H groups in total. The highest BCUT2D eigenvalue weighted by molar-refractivity contribution is 7.85. The normalized spacial score (nSPS) is 14.4. The zero-order valence-corrected chi connectivity index (χ0v) is 11.4. The van der Waals surface area contributed by atoms with Crippen LogP contribution in [0.15, 0.2) is 35.1 Å². The molecule has 0 saturated carbocycles. The van der Waals surface area contributed by atoms with Gasteiger partial charge in [0, 0.05) is 11.1 Å². The van der Waals surface area contributed by atoms with Gasteiger partial charge in [-0.25, -0.2) is 4.68 Å². The maximum atomic E-state index is 12.5. The molecule has 20 heavy (non-hydrogen) atoms.